The Hall–Kier alpha value is -3.71. The molecule has 156 valence electrons. The number of hydrogen-bond acceptors (Lipinski definition) is 6. The number of nitrogens with zero attached hydrogens (tertiary/aromatic N) is 5. The molecule has 0 atom stereocenters. The van der Waals surface area contributed by atoms with E-state index in [4.69, 9.17) is 9.84 Å². The Bertz CT molecular complexity index is 1210. The van der Waals surface area contributed by atoms with E-state index in [2.05, 4.69) is 57.7 Å². The summed E-state index contributed by atoms with van der Waals surface area (Å²) in [5, 5.41) is 9.33. The summed E-state index contributed by atoms with van der Waals surface area (Å²) in [4.78, 5) is 6.41. The smallest absolute Gasteiger partial charge is 0.133 e. The minimum Gasteiger partial charge on any atom is -0.378 e. The number of fused-ring (bicyclic) bond motifs is 1. The second kappa shape index (κ2) is 8.57. The highest BCUT2D eigenvalue weighted by Crippen LogP contribution is 2.27. The van der Waals surface area contributed by atoms with Crippen LogP contribution in [0.4, 0.5) is 11.5 Å². The number of aryl methyl sites for hydroxylation is 1. The van der Waals surface area contributed by atoms with Crippen LogP contribution in [0, 0.1) is 6.92 Å². The SMILES string of the molecule is Cc1cccc(/C=N/Nc2cc(N3CCOCC3)n3nc(-c4ccncc4)cc3c2)c1. The van der Waals surface area contributed by atoms with Crippen molar-refractivity contribution in [2.24, 2.45) is 5.10 Å². The van der Waals surface area contributed by atoms with Crippen LogP contribution in [0.25, 0.3) is 16.8 Å². The van der Waals surface area contributed by atoms with Crippen molar-refractivity contribution in [3.05, 3.63) is 78.1 Å². The Labute approximate surface area is 181 Å². The number of pyridine rings is 2. The largest absolute Gasteiger partial charge is 0.378 e. The molecule has 0 radical (unpaired) electrons. The lowest BCUT2D eigenvalue weighted by atomic mass is 10.2. The van der Waals surface area contributed by atoms with Crippen LogP contribution in [0.2, 0.25) is 0 Å². The molecule has 3 aromatic heterocycles. The molecule has 0 aliphatic carbocycles. The standard InChI is InChI=1S/C24H24N6O/c1-18-3-2-4-19(13-18)17-26-27-21-14-22-16-23(20-5-7-25-8-6-20)28-30(22)24(15-21)29-9-11-31-12-10-29/h2-8,13-17,27H,9-12H2,1H3/b26-17+. The summed E-state index contributed by atoms with van der Waals surface area (Å²) in [5.74, 6) is 1.02. The molecule has 1 aliphatic heterocycles. The van der Waals surface area contributed by atoms with Crippen LogP contribution in [-0.4, -0.2) is 47.1 Å². The first-order valence-corrected chi connectivity index (χ1v) is 10.4. The maximum atomic E-state index is 5.54. The summed E-state index contributed by atoms with van der Waals surface area (Å²) in [5.41, 5.74) is 9.34. The van der Waals surface area contributed by atoms with E-state index in [1.165, 1.54) is 5.56 Å². The van der Waals surface area contributed by atoms with Gasteiger partial charge in [-0.2, -0.15) is 10.2 Å². The molecule has 1 aliphatic rings. The molecule has 0 saturated carbocycles. The lowest BCUT2D eigenvalue weighted by Crippen LogP contribution is -2.37. The van der Waals surface area contributed by atoms with E-state index >= 15 is 0 Å². The van der Waals surface area contributed by atoms with E-state index in [1.54, 1.807) is 12.4 Å². The van der Waals surface area contributed by atoms with E-state index in [9.17, 15) is 0 Å². The van der Waals surface area contributed by atoms with E-state index < -0.39 is 0 Å². The number of anilines is 2. The summed E-state index contributed by atoms with van der Waals surface area (Å²) in [6.07, 6.45) is 5.41. The third-order valence-electron chi connectivity index (χ3n) is 5.30. The lowest BCUT2D eigenvalue weighted by molar-refractivity contribution is 0.122. The van der Waals surface area contributed by atoms with Crippen molar-refractivity contribution in [2.45, 2.75) is 6.92 Å². The van der Waals surface area contributed by atoms with Crippen LogP contribution < -0.4 is 10.3 Å². The van der Waals surface area contributed by atoms with Crippen molar-refractivity contribution in [3.8, 4) is 11.3 Å². The highest BCUT2D eigenvalue weighted by molar-refractivity contribution is 5.81. The van der Waals surface area contributed by atoms with Gasteiger partial charge < -0.3 is 9.64 Å². The van der Waals surface area contributed by atoms with E-state index in [1.807, 2.05) is 35.0 Å². The minimum atomic E-state index is 0.711. The van der Waals surface area contributed by atoms with Gasteiger partial charge in [0.05, 0.1) is 36.3 Å². The van der Waals surface area contributed by atoms with Crippen LogP contribution >= 0.6 is 0 Å². The second-order valence-electron chi connectivity index (χ2n) is 7.59. The fraction of sp³-hybridized carbons (Fsp3) is 0.208. The molecule has 4 heterocycles. The second-order valence-corrected chi connectivity index (χ2v) is 7.59. The fourth-order valence-electron chi connectivity index (χ4n) is 3.76. The van der Waals surface area contributed by atoms with Gasteiger partial charge in [0.15, 0.2) is 0 Å². The third kappa shape index (κ3) is 4.27. The minimum absolute atomic E-state index is 0.711. The zero-order valence-electron chi connectivity index (χ0n) is 17.4. The van der Waals surface area contributed by atoms with Gasteiger partial charge in [0, 0.05) is 37.1 Å². The van der Waals surface area contributed by atoms with Crippen LogP contribution in [0.3, 0.4) is 0 Å². The maximum Gasteiger partial charge on any atom is 0.133 e. The molecule has 0 bridgehead atoms. The summed E-state index contributed by atoms with van der Waals surface area (Å²) >= 11 is 0. The van der Waals surface area contributed by atoms with Crippen LogP contribution in [0.15, 0.2) is 72.1 Å². The summed E-state index contributed by atoms with van der Waals surface area (Å²) in [6.45, 7) is 5.16. The number of morpholine rings is 1. The van der Waals surface area contributed by atoms with Crippen molar-refractivity contribution >= 4 is 23.2 Å². The molecule has 1 N–H and O–H groups in total. The molecule has 0 unspecified atom stereocenters. The van der Waals surface area contributed by atoms with Gasteiger partial charge in [0.1, 0.15) is 5.82 Å². The molecule has 1 fully saturated rings. The molecule has 0 amide bonds. The zero-order chi connectivity index (χ0) is 21.0. The van der Waals surface area contributed by atoms with Gasteiger partial charge in [0.25, 0.3) is 0 Å². The molecule has 1 saturated heterocycles. The Morgan fingerprint density at radius 3 is 2.68 bits per heavy atom. The predicted octanol–water partition coefficient (Wildman–Crippen LogP) is 3.99. The summed E-state index contributed by atoms with van der Waals surface area (Å²) in [6, 6.07) is 18.5. The molecule has 7 nitrogen and oxygen atoms in total. The van der Waals surface area contributed by atoms with E-state index in [0.29, 0.717) is 13.2 Å². The molecular formula is C24H24N6O. The number of benzene rings is 1. The number of hydrogen-bond donors (Lipinski definition) is 1. The molecule has 0 spiro atoms. The number of ether oxygens (including phenoxy) is 1. The third-order valence-corrected chi connectivity index (χ3v) is 5.30. The molecule has 7 heteroatoms. The van der Waals surface area contributed by atoms with Crippen molar-refractivity contribution in [1.29, 1.82) is 0 Å². The van der Waals surface area contributed by atoms with Crippen LogP contribution in [-0.2, 0) is 4.74 Å². The molecular weight excluding hydrogens is 388 g/mol. The Kier molecular flexibility index (Phi) is 5.33. The van der Waals surface area contributed by atoms with Gasteiger partial charge in [-0.1, -0.05) is 29.8 Å². The average Bonchev–Trinajstić information content (AvgIpc) is 3.24. The number of aromatic nitrogens is 3. The maximum absolute atomic E-state index is 5.54. The van der Waals surface area contributed by atoms with E-state index in [0.717, 1.165) is 46.9 Å². The van der Waals surface area contributed by atoms with Crippen molar-refractivity contribution in [1.82, 2.24) is 14.6 Å². The highest BCUT2D eigenvalue weighted by Gasteiger charge is 2.17. The quantitative estimate of drug-likeness (QED) is 0.397. The number of nitrogens with one attached hydrogen (secondary N) is 1. The average molecular weight is 412 g/mol. The topological polar surface area (TPSA) is 67.0 Å². The highest BCUT2D eigenvalue weighted by atomic mass is 16.5. The summed E-state index contributed by atoms with van der Waals surface area (Å²) < 4.78 is 7.54. The van der Waals surface area contributed by atoms with E-state index in [-0.39, 0.29) is 0 Å². The fourth-order valence-corrected chi connectivity index (χ4v) is 3.76. The van der Waals surface area contributed by atoms with Crippen molar-refractivity contribution < 1.29 is 4.74 Å². The zero-order valence-corrected chi connectivity index (χ0v) is 17.4. The van der Waals surface area contributed by atoms with Gasteiger partial charge >= 0.3 is 0 Å². The first-order chi connectivity index (χ1) is 15.3. The Balaban J connectivity index is 1.50. The first-order valence-electron chi connectivity index (χ1n) is 10.4. The van der Waals surface area contributed by atoms with Gasteiger partial charge in [-0.25, -0.2) is 4.52 Å². The first kappa shape index (κ1) is 19.3. The van der Waals surface area contributed by atoms with Crippen molar-refractivity contribution in [3.63, 3.8) is 0 Å². The lowest BCUT2D eigenvalue weighted by Gasteiger charge is -2.29. The van der Waals surface area contributed by atoms with Gasteiger partial charge in [-0.15, -0.1) is 0 Å². The Morgan fingerprint density at radius 2 is 1.87 bits per heavy atom. The van der Waals surface area contributed by atoms with Crippen LogP contribution in [0.1, 0.15) is 11.1 Å². The molecule has 5 rings (SSSR count). The molecule has 1 aromatic carbocycles. The number of hydrazone groups is 1. The number of rotatable bonds is 5. The van der Waals surface area contributed by atoms with Crippen LogP contribution in [0.5, 0.6) is 0 Å². The molecule has 4 aromatic rings. The van der Waals surface area contributed by atoms with Crippen molar-refractivity contribution in [2.75, 3.05) is 36.6 Å². The Morgan fingerprint density at radius 1 is 1.03 bits per heavy atom. The van der Waals surface area contributed by atoms with Gasteiger partial charge in [-0.05, 0) is 36.8 Å². The normalized spacial score (nSPS) is 14.4. The molecule has 31 heavy (non-hydrogen) atoms. The predicted molar refractivity (Wildman–Crippen MR) is 124 cm³/mol. The van der Waals surface area contributed by atoms with Gasteiger partial charge in [0.2, 0.25) is 0 Å². The summed E-state index contributed by atoms with van der Waals surface area (Å²) in [7, 11) is 0. The monoisotopic (exact) mass is 412 g/mol. The van der Waals surface area contributed by atoms with Gasteiger partial charge in [-0.3, -0.25) is 10.4 Å².